The van der Waals surface area contributed by atoms with Gasteiger partial charge in [0.05, 0.1) is 12.6 Å². The molecule has 1 aliphatic heterocycles. The van der Waals surface area contributed by atoms with Crippen LogP contribution in [0.3, 0.4) is 0 Å². The van der Waals surface area contributed by atoms with E-state index in [1.165, 1.54) is 7.05 Å². The zero-order chi connectivity index (χ0) is 13.2. The SMILES string of the molecule is CN[C@@H]1C(O)O[C@H](COP(=O)(O)O)[C@@H](O)[C@@H]1O. The molecule has 0 bridgehead atoms. The van der Waals surface area contributed by atoms with Crippen molar-refractivity contribution >= 4 is 7.82 Å². The molecule has 1 rings (SSSR count). The Hall–Kier alpha value is -0.0900. The van der Waals surface area contributed by atoms with Crippen molar-refractivity contribution in [3.63, 3.8) is 0 Å². The summed E-state index contributed by atoms with van der Waals surface area (Å²) in [6.07, 6.45) is -5.41. The van der Waals surface area contributed by atoms with Gasteiger partial charge in [-0.2, -0.15) is 0 Å². The van der Waals surface area contributed by atoms with Gasteiger partial charge in [-0.1, -0.05) is 0 Å². The third-order valence-corrected chi connectivity index (χ3v) is 2.95. The first kappa shape index (κ1) is 15.0. The van der Waals surface area contributed by atoms with E-state index in [2.05, 4.69) is 9.84 Å². The molecule has 1 aliphatic rings. The second-order valence-electron chi connectivity index (χ2n) is 3.65. The molecule has 9 nitrogen and oxygen atoms in total. The molecule has 1 saturated heterocycles. The molecule has 1 unspecified atom stereocenters. The average molecular weight is 273 g/mol. The summed E-state index contributed by atoms with van der Waals surface area (Å²) in [4.78, 5) is 17.0. The Balaban J connectivity index is 2.61. The minimum Gasteiger partial charge on any atom is -0.388 e. The highest BCUT2D eigenvalue weighted by molar-refractivity contribution is 7.46. The third kappa shape index (κ3) is 3.95. The van der Waals surface area contributed by atoms with E-state index in [-0.39, 0.29) is 0 Å². The minimum atomic E-state index is -4.69. The molecular formula is C7H16NO8P. The van der Waals surface area contributed by atoms with Gasteiger partial charge in [0.1, 0.15) is 18.3 Å². The number of nitrogens with one attached hydrogen (secondary N) is 1. The summed E-state index contributed by atoms with van der Waals surface area (Å²) in [7, 11) is -3.23. The van der Waals surface area contributed by atoms with Crippen LogP contribution in [-0.4, -0.2) is 69.4 Å². The van der Waals surface area contributed by atoms with E-state index >= 15 is 0 Å². The van der Waals surface area contributed by atoms with Gasteiger partial charge < -0.3 is 35.2 Å². The molecule has 1 fully saturated rings. The van der Waals surface area contributed by atoms with Crippen LogP contribution in [-0.2, 0) is 13.8 Å². The van der Waals surface area contributed by atoms with Crippen LogP contribution < -0.4 is 5.32 Å². The Bertz CT molecular complexity index is 296. The zero-order valence-electron chi connectivity index (χ0n) is 9.00. The van der Waals surface area contributed by atoms with Crippen molar-refractivity contribution < 1.29 is 38.9 Å². The predicted molar refractivity (Wildman–Crippen MR) is 53.7 cm³/mol. The summed E-state index contributed by atoms with van der Waals surface area (Å²) in [6.45, 7) is -0.643. The molecule has 0 amide bonds. The monoisotopic (exact) mass is 273 g/mol. The number of hydrogen-bond acceptors (Lipinski definition) is 7. The Morgan fingerprint density at radius 1 is 1.29 bits per heavy atom. The van der Waals surface area contributed by atoms with E-state index in [9.17, 15) is 19.9 Å². The van der Waals surface area contributed by atoms with Crippen LogP contribution in [0, 0.1) is 0 Å². The first-order valence-corrected chi connectivity index (χ1v) is 6.36. The topological polar surface area (TPSA) is 149 Å². The molecule has 0 radical (unpaired) electrons. The van der Waals surface area contributed by atoms with E-state index in [1.54, 1.807) is 0 Å². The van der Waals surface area contributed by atoms with Crippen molar-refractivity contribution in [2.45, 2.75) is 30.6 Å². The maximum absolute atomic E-state index is 10.5. The van der Waals surface area contributed by atoms with E-state index < -0.39 is 45.1 Å². The fourth-order valence-electron chi connectivity index (χ4n) is 1.57. The maximum atomic E-state index is 10.5. The molecule has 102 valence electrons. The Kier molecular flexibility index (Phi) is 5.02. The fourth-order valence-corrected chi connectivity index (χ4v) is 1.91. The Morgan fingerprint density at radius 3 is 2.35 bits per heavy atom. The van der Waals surface area contributed by atoms with Crippen molar-refractivity contribution in [3.05, 3.63) is 0 Å². The van der Waals surface area contributed by atoms with Gasteiger partial charge in [-0.05, 0) is 7.05 Å². The van der Waals surface area contributed by atoms with Crippen molar-refractivity contribution in [3.8, 4) is 0 Å². The standard InChI is InChI=1S/C7H16NO8P/c1-8-4-6(10)5(9)3(16-7(4)11)2-15-17(12,13)14/h3-11H,2H2,1H3,(H2,12,13,14)/t3-,4+,5-,6-,7?/m1/s1. The second kappa shape index (κ2) is 5.70. The van der Waals surface area contributed by atoms with Gasteiger partial charge in [0.15, 0.2) is 6.29 Å². The van der Waals surface area contributed by atoms with Gasteiger partial charge in [0, 0.05) is 0 Å². The Morgan fingerprint density at radius 2 is 1.88 bits per heavy atom. The molecule has 5 atom stereocenters. The highest BCUT2D eigenvalue weighted by Gasteiger charge is 2.43. The van der Waals surface area contributed by atoms with Gasteiger partial charge in [-0.25, -0.2) is 4.57 Å². The average Bonchev–Trinajstić information content (AvgIpc) is 2.21. The number of likely N-dealkylation sites (N-methyl/N-ethyl adjacent to an activating group) is 1. The number of rotatable bonds is 4. The molecule has 0 aromatic carbocycles. The highest BCUT2D eigenvalue weighted by Crippen LogP contribution is 2.36. The summed E-state index contributed by atoms with van der Waals surface area (Å²) in [5, 5.41) is 31.2. The summed E-state index contributed by atoms with van der Waals surface area (Å²) < 4.78 is 19.5. The molecule has 0 saturated carbocycles. The lowest BCUT2D eigenvalue weighted by Crippen LogP contribution is -2.62. The predicted octanol–water partition coefficient (Wildman–Crippen LogP) is -2.88. The van der Waals surface area contributed by atoms with E-state index in [4.69, 9.17) is 14.5 Å². The van der Waals surface area contributed by atoms with Crippen LogP contribution in [0.15, 0.2) is 0 Å². The maximum Gasteiger partial charge on any atom is 0.469 e. The molecular weight excluding hydrogens is 257 g/mol. The number of aliphatic hydroxyl groups excluding tert-OH is 3. The molecule has 0 aliphatic carbocycles. The lowest BCUT2D eigenvalue weighted by Gasteiger charge is -2.40. The van der Waals surface area contributed by atoms with Gasteiger partial charge in [0.2, 0.25) is 0 Å². The zero-order valence-corrected chi connectivity index (χ0v) is 9.90. The van der Waals surface area contributed by atoms with Crippen LogP contribution in [0.2, 0.25) is 0 Å². The first-order valence-electron chi connectivity index (χ1n) is 4.83. The van der Waals surface area contributed by atoms with Crippen LogP contribution in [0.5, 0.6) is 0 Å². The number of hydrogen-bond donors (Lipinski definition) is 6. The van der Waals surface area contributed by atoms with Gasteiger partial charge in [-0.15, -0.1) is 0 Å². The molecule has 6 N–H and O–H groups in total. The number of phosphoric acid groups is 1. The van der Waals surface area contributed by atoms with E-state index in [0.717, 1.165) is 0 Å². The fraction of sp³-hybridized carbons (Fsp3) is 1.00. The largest absolute Gasteiger partial charge is 0.469 e. The Labute approximate surface area is 97.2 Å². The van der Waals surface area contributed by atoms with Gasteiger partial charge in [-0.3, -0.25) is 4.52 Å². The lowest BCUT2D eigenvalue weighted by atomic mass is 9.97. The molecule has 17 heavy (non-hydrogen) atoms. The molecule has 0 spiro atoms. The minimum absolute atomic E-state index is 0.643. The van der Waals surface area contributed by atoms with Crippen molar-refractivity contribution in [1.29, 1.82) is 0 Å². The summed E-state index contributed by atoms with van der Waals surface area (Å²) in [5.74, 6) is 0. The van der Waals surface area contributed by atoms with Crippen LogP contribution in [0.1, 0.15) is 0 Å². The molecule has 0 aromatic heterocycles. The van der Waals surface area contributed by atoms with Crippen LogP contribution in [0.25, 0.3) is 0 Å². The third-order valence-electron chi connectivity index (χ3n) is 2.46. The lowest BCUT2D eigenvalue weighted by molar-refractivity contribution is -0.252. The van der Waals surface area contributed by atoms with Crippen molar-refractivity contribution in [2.75, 3.05) is 13.7 Å². The van der Waals surface area contributed by atoms with Gasteiger partial charge in [0.25, 0.3) is 0 Å². The summed E-state index contributed by atoms with van der Waals surface area (Å²) >= 11 is 0. The van der Waals surface area contributed by atoms with Crippen LogP contribution >= 0.6 is 7.82 Å². The first-order chi connectivity index (χ1) is 7.76. The van der Waals surface area contributed by atoms with Crippen LogP contribution in [0.4, 0.5) is 0 Å². The quantitative estimate of drug-likeness (QED) is 0.297. The number of aliphatic hydroxyl groups is 3. The smallest absolute Gasteiger partial charge is 0.388 e. The van der Waals surface area contributed by atoms with Crippen molar-refractivity contribution in [1.82, 2.24) is 5.32 Å². The second-order valence-corrected chi connectivity index (χ2v) is 4.89. The van der Waals surface area contributed by atoms with Crippen molar-refractivity contribution in [2.24, 2.45) is 0 Å². The van der Waals surface area contributed by atoms with E-state index in [0.29, 0.717) is 0 Å². The number of phosphoric ester groups is 1. The summed E-state index contributed by atoms with van der Waals surface area (Å²) in [6, 6.07) is -0.892. The molecule has 10 heteroatoms. The molecule has 1 heterocycles. The van der Waals surface area contributed by atoms with Gasteiger partial charge >= 0.3 is 7.82 Å². The number of ether oxygens (including phenoxy) is 1. The van der Waals surface area contributed by atoms with E-state index in [1.807, 2.05) is 0 Å². The molecule has 0 aromatic rings. The highest BCUT2D eigenvalue weighted by atomic mass is 31.2. The summed E-state index contributed by atoms with van der Waals surface area (Å²) in [5.41, 5.74) is 0. The normalized spacial score (nSPS) is 39.3.